The van der Waals surface area contributed by atoms with Gasteiger partial charge in [0.2, 0.25) is 5.91 Å². The second-order valence-corrected chi connectivity index (χ2v) is 8.26. The van der Waals surface area contributed by atoms with Crippen LogP contribution in [0.2, 0.25) is 0 Å². The van der Waals surface area contributed by atoms with Crippen LogP contribution in [0.5, 0.6) is 0 Å². The lowest BCUT2D eigenvalue weighted by molar-refractivity contribution is -0.131. The molecule has 17 heavy (non-hydrogen) atoms. The number of amides is 1. The van der Waals surface area contributed by atoms with Crippen LogP contribution in [0.25, 0.3) is 0 Å². The Bertz CT molecular complexity index is 299. The number of carbonyl (C=O) groups is 1. The van der Waals surface area contributed by atoms with Gasteiger partial charge in [0.1, 0.15) is 0 Å². The number of hydrogen-bond donors (Lipinski definition) is 0. The van der Waals surface area contributed by atoms with Crippen LogP contribution in [-0.4, -0.2) is 20.3 Å². The van der Waals surface area contributed by atoms with E-state index >= 15 is 0 Å². The molecular formula is C13H23ClINO. The van der Waals surface area contributed by atoms with E-state index < -0.39 is 0 Å². The molecule has 0 aromatic rings. The number of rotatable bonds is 2. The quantitative estimate of drug-likeness (QED) is 0.400. The molecule has 0 aromatic carbocycles. The highest BCUT2D eigenvalue weighted by Gasteiger charge is 2.48. The molecule has 0 atom stereocenters. The van der Waals surface area contributed by atoms with E-state index in [9.17, 15) is 4.79 Å². The zero-order valence-electron chi connectivity index (χ0n) is 11.4. The molecule has 0 spiro atoms. The Balaban J connectivity index is 2.98. The molecule has 0 aromatic heterocycles. The van der Waals surface area contributed by atoms with Gasteiger partial charge in [0.25, 0.3) is 0 Å². The predicted molar refractivity (Wildman–Crippen MR) is 81.4 cm³/mol. The number of alkyl halides is 1. The van der Waals surface area contributed by atoms with Crippen molar-refractivity contribution < 1.29 is 4.79 Å². The van der Waals surface area contributed by atoms with E-state index in [0.717, 1.165) is 12.8 Å². The van der Waals surface area contributed by atoms with Crippen molar-refractivity contribution in [2.24, 2.45) is 10.8 Å². The first-order valence-corrected chi connectivity index (χ1v) is 7.93. The largest absolute Gasteiger partial charge is 0.273 e. The van der Waals surface area contributed by atoms with Crippen molar-refractivity contribution in [1.82, 2.24) is 4.42 Å². The van der Waals surface area contributed by atoms with E-state index in [4.69, 9.17) is 11.8 Å². The summed E-state index contributed by atoms with van der Waals surface area (Å²) in [6.45, 7) is 11.2. The Labute approximate surface area is 124 Å². The molecule has 0 aliphatic heterocycles. The average molecular weight is 372 g/mol. The van der Waals surface area contributed by atoms with Gasteiger partial charge >= 0.3 is 0 Å². The highest BCUT2D eigenvalue weighted by molar-refractivity contribution is 14.1. The van der Waals surface area contributed by atoms with Gasteiger partial charge < -0.3 is 0 Å². The monoisotopic (exact) mass is 371 g/mol. The van der Waals surface area contributed by atoms with Crippen LogP contribution in [0.1, 0.15) is 53.9 Å². The van der Waals surface area contributed by atoms with E-state index in [-0.39, 0.29) is 22.3 Å². The first-order valence-electron chi connectivity index (χ1n) is 6.06. The van der Waals surface area contributed by atoms with Gasteiger partial charge in [0.05, 0.1) is 9.97 Å². The van der Waals surface area contributed by atoms with Gasteiger partial charge in [-0.05, 0) is 37.0 Å². The highest BCUT2D eigenvalue weighted by atomic mass is 127. The molecule has 1 fully saturated rings. The lowest BCUT2D eigenvalue weighted by atomic mass is 9.59. The maximum absolute atomic E-state index is 11.8. The van der Waals surface area contributed by atoms with E-state index in [1.54, 1.807) is 0 Å². The normalized spacial score (nSPS) is 25.4. The second-order valence-electron chi connectivity index (χ2n) is 7.16. The summed E-state index contributed by atoms with van der Waals surface area (Å²) in [5, 5.41) is 0. The van der Waals surface area contributed by atoms with Crippen molar-refractivity contribution >= 4 is 40.3 Å². The van der Waals surface area contributed by atoms with Gasteiger partial charge in [-0.15, -0.1) is 0 Å². The van der Waals surface area contributed by atoms with Gasteiger partial charge in [-0.2, -0.15) is 0 Å². The van der Waals surface area contributed by atoms with Crippen molar-refractivity contribution in [2.75, 3.05) is 4.43 Å². The molecule has 1 saturated carbocycles. The van der Waals surface area contributed by atoms with E-state index in [0.29, 0.717) is 4.43 Å². The summed E-state index contributed by atoms with van der Waals surface area (Å²) in [7, 11) is 0. The van der Waals surface area contributed by atoms with E-state index in [1.165, 1.54) is 10.8 Å². The Kier molecular flexibility index (Phi) is 4.46. The van der Waals surface area contributed by atoms with Gasteiger partial charge in [0.15, 0.2) is 0 Å². The Morgan fingerprint density at radius 1 is 1.12 bits per heavy atom. The molecule has 0 radical (unpaired) electrons. The van der Waals surface area contributed by atoms with E-state index in [1.807, 2.05) is 0 Å². The molecule has 100 valence electrons. The second kappa shape index (κ2) is 4.87. The Morgan fingerprint density at radius 2 is 1.53 bits per heavy atom. The summed E-state index contributed by atoms with van der Waals surface area (Å²) in [5.74, 6) is 0.0169. The molecule has 0 heterocycles. The summed E-state index contributed by atoms with van der Waals surface area (Å²) in [6, 6.07) is 0. The standard InChI is InChI=1S/C13H23ClINO/c1-11(2)7-12(3,4)9-13(5,8-11)16(14)10(17)6-15/h6-9H2,1-5H3. The maximum Gasteiger partial charge on any atom is 0.247 e. The third-order valence-corrected chi connectivity index (χ3v) is 4.73. The Morgan fingerprint density at radius 3 is 1.88 bits per heavy atom. The van der Waals surface area contributed by atoms with Crippen LogP contribution < -0.4 is 0 Å². The smallest absolute Gasteiger partial charge is 0.247 e. The summed E-state index contributed by atoms with van der Waals surface area (Å²) in [5.41, 5.74) is 0.236. The van der Waals surface area contributed by atoms with Gasteiger partial charge in [-0.3, -0.25) is 4.79 Å². The number of nitrogens with zero attached hydrogens (tertiary/aromatic N) is 1. The van der Waals surface area contributed by atoms with Crippen molar-refractivity contribution in [3.05, 3.63) is 0 Å². The minimum absolute atomic E-state index is 0.0169. The summed E-state index contributed by atoms with van der Waals surface area (Å²) in [6.07, 6.45) is 3.11. The molecular weight excluding hydrogens is 349 g/mol. The molecule has 1 aliphatic carbocycles. The fourth-order valence-electron chi connectivity index (χ4n) is 4.04. The summed E-state index contributed by atoms with van der Waals surface area (Å²) >= 11 is 8.36. The third-order valence-electron chi connectivity index (χ3n) is 3.48. The lowest BCUT2D eigenvalue weighted by Crippen LogP contribution is -2.53. The van der Waals surface area contributed by atoms with Crippen LogP contribution in [-0.2, 0) is 4.79 Å². The number of carbonyl (C=O) groups excluding carboxylic acids is 1. The molecule has 4 heteroatoms. The predicted octanol–water partition coefficient (Wildman–Crippen LogP) is 4.40. The topological polar surface area (TPSA) is 20.3 Å². The zero-order valence-corrected chi connectivity index (χ0v) is 14.4. The highest BCUT2D eigenvalue weighted by Crippen LogP contribution is 2.52. The lowest BCUT2D eigenvalue weighted by Gasteiger charge is -2.52. The van der Waals surface area contributed by atoms with Crippen LogP contribution in [0, 0.1) is 10.8 Å². The molecule has 0 N–H and O–H groups in total. The zero-order chi connectivity index (χ0) is 13.5. The maximum atomic E-state index is 11.8. The fraction of sp³-hybridized carbons (Fsp3) is 0.923. The molecule has 0 bridgehead atoms. The van der Waals surface area contributed by atoms with Gasteiger partial charge in [-0.25, -0.2) is 4.42 Å². The number of halogens is 2. The van der Waals surface area contributed by atoms with Crippen LogP contribution in [0.4, 0.5) is 0 Å². The van der Waals surface area contributed by atoms with Gasteiger partial charge in [-0.1, -0.05) is 50.3 Å². The average Bonchev–Trinajstić information content (AvgIpc) is 2.09. The van der Waals surface area contributed by atoms with Crippen LogP contribution in [0.3, 0.4) is 0 Å². The molecule has 1 amide bonds. The van der Waals surface area contributed by atoms with Gasteiger partial charge in [0, 0.05) is 11.8 Å². The van der Waals surface area contributed by atoms with Crippen molar-refractivity contribution in [1.29, 1.82) is 0 Å². The Hall–Kier alpha value is 0.490. The van der Waals surface area contributed by atoms with E-state index in [2.05, 4.69) is 57.2 Å². The van der Waals surface area contributed by atoms with Crippen molar-refractivity contribution in [3.8, 4) is 0 Å². The fourth-order valence-corrected chi connectivity index (χ4v) is 4.76. The van der Waals surface area contributed by atoms with Crippen LogP contribution >= 0.6 is 34.4 Å². The molecule has 0 saturated heterocycles. The molecule has 1 rings (SSSR count). The molecule has 2 nitrogen and oxygen atoms in total. The molecule has 0 unspecified atom stereocenters. The SMILES string of the molecule is CC1(C)CC(C)(C)CC(C)(N(Cl)C(=O)CI)C1. The number of hydrogen-bond acceptors (Lipinski definition) is 1. The van der Waals surface area contributed by atoms with Crippen molar-refractivity contribution in [3.63, 3.8) is 0 Å². The first-order chi connectivity index (χ1) is 7.51. The third kappa shape index (κ3) is 3.72. The van der Waals surface area contributed by atoms with Crippen molar-refractivity contribution in [2.45, 2.75) is 59.4 Å². The summed E-state index contributed by atoms with van der Waals surface area (Å²) < 4.78 is 1.90. The minimum atomic E-state index is -0.227. The minimum Gasteiger partial charge on any atom is -0.273 e. The van der Waals surface area contributed by atoms with Crippen LogP contribution in [0.15, 0.2) is 0 Å². The summed E-state index contributed by atoms with van der Waals surface area (Å²) in [4.78, 5) is 11.8. The first kappa shape index (κ1) is 15.5. The molecule has 1 aliphatic rings.